The molecule has 1 atom stereocenters. The summed E-state index contributed by atoms with van der Waals surface area (Å²) in [5, 5.41) is 14.8. The van der Waals surface area contributed by atoms with Crippen molar-refractivity contribution in [2.24, 2.45) is 4.99 Å². The van der Waals surface area contributed by atoms with Crippen LogP contribution in [-0.2, 0) is 30.7 Å². The van der Waals surface area contributed by atoms with Crippen LogP contribution in [0.15, 0.2) is 10.4 Å². The predicted molar refractivity (Wildman–Crippen MR) is 127 cm³/mol. The second-order valence-electron chi connectivity index (χ2n) is 7.04. The molecule has 2 N–H and O–H groups in total. The number of aliphatic imine (C=N–C) groups is 1. The van der Waals surface area contributed by atoms with E-state index < -0.39 is 0 Å². The molecule has 0 bridgehead atoms. The summed E-state index contributed by atoms with van der Waals surface area (Å²) in [5.41, 5.74) is 1.12. The number of fused-ring (bicyclic) bond motifs is 1. The number of unbranched alkanes of at least 4 members (excludes halogenated alkanes) is 1. The molecular formula is C19H32IN7OS. The van der Waals surface area contributed by atoms with Gasteiger partial charge in [0.05, 0.1) is 11.6 Å². The summed E-state index contributed by atoms with van der Waals surface area (Å²) in [4.78, 5) is 13.8. The third-order valence-electron chi connectivity index (χ3n) is 4.60. The smallest absolute Gasteiger partial charge is 0.191 e. The van der Waals surface area contributed by atoms with Gasteiger partial charge in [0.2, 0.25) is 0 Å². The topological polar surface area (TPSA) is 89.2 Å². The van der Waals surface area contributed by atoms with Crippen molar-refractivity contribution in [1.82, 2.24) is 30.4 Å². The summed E-state index contributed by atoms with van der Waals surface area (Å²) in [6.07, 6.45) is 5.16. The van der Waals surface area contributed by atoms with Gasteiger partial charge in [-0.15, -0.1) is 35.3 Å². The summed E-state index contributed by atoms with van der Waals surface area (Å²) in [6.45, 7) is 7.07. The number of nitrogens with zero attached hydrogens (tertiary/aromatic N) is 5. The van der Waals surface area contributed by atoms with Crippen LogP contribution in [0.5, 0.6) is 0 Å². The van der Waals surface area contributed by atoms with E-state index in [4.69, 9.17) is 9.73 Å². The molecule has 3 heterocycles. The van der Waals surface area contributed by atoms with E-state index in [0.29, 0.717) is 12.6 Å². The van der Waals surface area contributed by atoms with Gasteiger partial charge in [0.1, 0.15) is 12.4 Å². The Bertz CT molecular complexity index is 776. The Morgan fingerprint density at radius 3 is 2.97 bits per heavy atom. The standard InChI is InChI=1S/C19H31N7OS.HI/c1-4-20-19(21-10-6-5-7-18-22-14(2)13-28-18)23-15-8-9-17-24-16(12-27-3)25-26(17)11-15;/h13,15H,4-12H2,1-3H3,(H2,20,21,23);1H. The van der Waals surface area contributed by atoms with Crippen LogP contribution in [0.4, 0.5) is 0 Å². The first-order chi connectivity index (χ1) is 13.7. The summed E-state index contributed by atoms with van der Waals surface area (Å²) in [7, 11) is 1.67. The molecule has 0 saturated carbocycles. The number of nitrogens with one attached hydrogen (secondary N) is 2. The van der Waals surface area contributed by atoms with Gasteiger partial charge >= 0.3 is 0 Å². The van der Waals surface area contributed by atoms with E-state index in [-0.39, 0.29) is 24.0 Å². The van der Waals surface area contributed by atoms with E-state index in [1.54, 1.807) is 18.4 Å². The molecule has 1 unspecified atom stereocenters. The molecule has 10 heteroatoms. The second kappa shape index (κ2) is 12.4. The number of hydrogen-bond donors (Lipinski definition) is 2. The molecule has 1 aliphatic rings. The molecule has 2 aromatic rings. The molecular weight excluding hydrogens is 501 g/mol. The zero-order valence-corrected chi connectivity index (χ0v) is 20.6. The van der Waals surface area contributed by atoms with Crippen LogP contribution in [0.1, 0.15) is 48.5 Å². The van der Waals surface area contributed by atoms with Crippen LogP contribution in [0.25, 0.3) is 0 Å². The van der Waals surface area contributed by atoms with Crippen molar-refractivity contribution in [3.8, 4) is 0 Å². The lowest BCUT2D eigenvalue weighted by atomic mass is 10.1. The van der Waals surface area contributed by atoms with Gasteiger partial charge in [-0.3, -0.25) is 4.99 Å². The Morgan fingerprint density at radius 1 is 1.38 bits per heavy atom. The largest absolute Gasteiger partial charge is 0.377 e. The first-order valence-electron chi connectivity index (χ1n) is 10.0. The van der Waals surface area contributed by atoms with E-state index in [2.05, 4.69) is 38.0 Å². The van der Waals surface area contributed by atoms with Crippen molar-refractivity contribution < 1.29 is 4.74 Å². The van der Waals surface area contributed by atoms with Crippen LogP contribution < -0.4 is 10.6 Å². The lowest BCUT2D eigenvalue weighted by molar-refractivity contribution is 0.177. The van der Waals surface area contributed by atoms with Crippen LogP contribution in [-0.4, -0.2) is 51.9 Å². The highest BCUT2D eigenvalue weighted by Crippen LogP contribution is 2.14. The Labute approximate surface area is 194 Å². The molecule has 8 nitrogen and oxygen atoms in total. The van der Waals surface area contributed by atoms with Gasteiger partial charge in [-0.25, -0.2) is 14.6 Å². The van der Waals surface area contributed by atoms with Crippen molar-refractivity contribution in [1.29, 1.82) is 0 Å². The van der Waals surface area contributed by atoms with Gasteiger partial charge in [0.25, 0.3) is 0 Å². The van der Waals surface area contributed by atoms with E-state index in [0.717, 1.165) is 75.0 Å². The fourth-order valence-electron chi connectivity index (χ4n) is 3.28. The number of guanidine groups is 1. The molecule has 29 heavy (non-hydrogen) atoms. The van der Waals surface area contributed by atoms with Gasteiger partial charge in [0, 0.05) is 43.7 Å². The minimum atomic E-state index is 0. The molecule has 162 valence electrons. The molecule has 0 amide bonds. The number of halogens is 1. The number of hydrogen-bond acceptors (Lipinski definition) is 6. The molecule has 2 aromatic heterocycles. The monoisotopic (exact) mass is 533 g/mol. The Hall–Kier alpha value is -1.27. The van der Waals surface area contributed by atoms with Gasteiger partial charge in [-0.2, -0.15) is 5.10 Å². The zero-order valence-electron chi connectivity index (χ0n) is 17.5. The summed E-state index contributed by atoms with van der Waals surface area (Å²) >= 11 is 1.75. The Balaban J connectivity index is 0.00000300. The maximum atomic E-state index is 5.14. The number of aromatic nitrogens is 4. The maximum Gasteiger partial charge on any atom is 0.191 e. The zero-order chi connectivity index (χ0) is 19.8. The van der Waals surface area contributed by atoms with Crippen molar-refractivity contribution in [3.63, 3.8) is 0 Å². The number of thiazole rings is 1. The van der Waals surface area contributed by atoms with E-state index in [1.807, 2.05) is 11.6 Å². The first-order valence-corrected chi connectivity index (χ1v) is 10.9. The van der Waals surface area contributed by atoms with Crippen LogP contribution in [0.2, 0.25) is 0 Å². The number of methoxy groups -OCH3 is 1. The quantitative estimate of drug-likeness (QED) is 0.223. The van der Waals surface area contributed by atoms with E-state index >= 15 is 0 Å². The molecule has 0 radical (unpaired) electrons. The summed E-state index contributed by atoms with van der Waals surface area (Å²) in [5.74, 6) is 2.69. The fraction of sp³-hybridized carbons (Fsp3) is 0.684. The normalized spacial score (nSPS) is 16.2. The highest BCUT2D eigenvalue weighted by molar-refractivity contribution is 14.0. The van der Waals surface area contributed by atoms with Gasteiger partial charge < -0.3 is 15.4 Å². The van der Waals surface area contributed by atoms with Crippen molar-refractivity contribution in [3.05, 3.63) is 27.7 Å². The number of ether oxygens (including phenoxy) is 1. The molecule has 3 rings (SSSR count). The lowest BCUT2D eigenvalue weighted by Crippen LogP contribution is -2.47. The van der Waals surface area contributed by atoms with Gasteiger partial charge in [-0.05, 0) is 39.5 Å². The van der Waals surface area contributed by atoms with Crippen molar-refractivity contribution in [2.45, 2.75) is 65.1 Å². The highest BCUT2D eigenvalue weighted by atomic mass is 127. The van der Waals surface area contributed by atoms with Crippen LogP contribution in [0, 0.1) is 6.92 Å². The highest BCUT2D eigenvalue weighted by Gasteiger charge is 2.22. The third-order valence-corrected chi connectivity index (χ3v) is 5.62. The predicted octanol–water partition coefficient (Wildman–Crippen LogP) is 2.70. The molecule has 0 aliphatic carbocycles. The molecule has 1 aliphatic heterocycles. The minimum absolute atomic E-state index is 0. The average molecular weight is 533 g/mol. The van der Waals surface area contributed by atoms with E-state index in [1.165, 1.54) is 5.01 Å². The third kappa shape index (κ3) is 7.49. The SMILES string of the molecule is CCNC(=NCCCCc1nc(C)cs1)NC1CCc2nc(COC)nn2C1.I. The first kappa shape index (κ1) is 24.0. The summed E-state index contributed by atoms with van der Waals surface area (Å²) < 4.78 is 7.13. The number of aryl methyl sites for hydroxylation is 3. The number of rotatable bonds is 9. The van der Waals surface area contributed by atoms with E-state index in [9.17, 15) is 0 Å². The lowest BCUT2D eigenvalue weighted by Gasteiger charge is -2.25. The van der Waals surface area contributed by atoms with Gasteiger partial charge in [-0.1, -0.05) is 0 Å². The van der Waals surface area contributed by atoms with Crippen molar-refractivity contribution in [2.75, 3.05) is 20.2 Å². The Kier molecular flexibility index (Phi) is 10.3. The molecule has 0 fully saturated rings. The second-order valence-corrected chi connectivity index (χ2v) is 7.98. The Morgan fingerprint density at radius 2 is 2.24 bits per heavy atom. The minimum Gasteiger partial charge on any atom is -0.377 e. The van der Waals surface area contributed by atoms with Crippen LogP contribution in [0.3, 0.4) is 0 Å². The fourth-order valence-corrected chi connectivity index (χ4v) is 4.10. The molecule has 0 spiro atoms. The maximum absolute atomic E-state index is 5.14. The molecule has 0 saturated heterocycles. The van der Waals surface area contributed by atoms with Gasteiger partial charge in [0.15, 0.2) is 11.8 Å². The molecule has 0 aromatic carbocycles. The van der Waals surface area contributed by atoms with Crippen LogP contribution >= 0.6 is 35.3 Å². The summed E-state index contributed by atoms with van der Waals surface area (Å²) in [6, 6.07) is 0.306. The van der Waals surface area contributed by atoms with Crippen molar-refractivity contribution >= 4 is 41.3 Å². The average Bonchev–Trinajstić information content (AvgIpc) is 3.27.